The summed E-state index contributed by atoms with van der Waals surface area (Å²) in [5, 5.41) is 6.32. The quantitative estimate of drug-likeness (QED) is 0.345. The topological polar surface area (TPSA) is 53.1 Å². The molecule has 1 aromatic heterocycles. The van der Waals surface area contributed by atoms with Crippen LogP contribution in [0.1, 0.15) is 49.4 Å². The molecule has 4 nitrogen and oxygen atoms in total. The van der Waals surface area contributed by atoms with Gasteiger partial charge in [-0.15, -0.1) is 0 Å². The van der Waals surface area contributed by atoms with Crippen LogP contribution < -0.4 is 5.32 Å². The zero-order valence-electron chi connectivity index (χ0n) is 20.4. The van der Waals surface area contributed by atoms with Gasteiger partial charge in [-0.25, -0.2) is 4.98 Å². The van der Waals surface area contributed by atoms with E-state index in [9.17, 15) is 0 Å². The van der Waals surface area contributed by atoms with Crippen LogP contribution in [0.5, 0.6) is 0 Å². The van der Waals surface area contributed by atoms with Crippen molar-refractivity contribution in [1.82, 2.24) is 15.3 Å². The Kier molecular flexibility index (Phi) is 3.96. The third-order valence-corrected chi connectivity index (χ3v) is 9.70. The maximum absolute atomic E-state index is 4.99. The van der Waals surface area contributed by atoms with Crippen LogP contribution in [0.4, 0.5) is 5.69 Å². The summed E-state index contributed by atoms with van der Waals surface area (Å²) in [5.74, 6) is 4.70. The lowest BCUT2D eigenvalue weighted by atomic mass is 9.96. The number of hydrogen-bond acceptors (Lipinski definition) is 3. The first-order valence-corrected chi connectivity index (χ1v) is 13.8. The molecule has 9 rings (SSSR count). The molecule has 0 amide bonds. The van der Waals surface area contributed by atoms with E-state index in [1.54, 1.807) is 0 Å². The Bertz CT molecular complexity index is 1560. The largest absolute Gasteiger partial charge is 0.342 e. The molecule has 1 unspecified atom stereocenters. The second kappa shape index (κ2) is 7.17. The molecule has 2 N–H and O–H groups in total. The van der Waals surface area contributed by atoms with Crippen LogP contribution in [0.25, 0.3) is 33.2 Å². The Hall–Kier alpha value is -3.24. The summed E-state index contributed by atoms with van der Waals surface area (Å²) in [7, 11) is 0. The van der Waals surface area contributed by atoms with Gasteiger partial charge in [0.15, 0.2) is 0 Å². The smallest absolute Gasteiger partial charge is 0.109 e. The molecule has 4 aromatic rings. The van der Waals surface area contributed by atoms with Crippen molar-refractivity contribution in [1.29, 1.82) is 0 Å². The lowest BCUT2D eigenvalue weighted by Gasteiger charge is -2.12. The number of aromatic nitrogens is 2. The Labute approximate surface area is 211 Å². The van der Waals surface area contributed by atoms with E-state index in [-0.39, 0.29) is 0 Å². The molecule has 5 aliphatic rings. The fourth-order valence-electron chi connectivity index (χ4n) is 7.40. The average molecular weight is 471 g/mol. The molecule has 36 heavy (non-hydrogen) atoms. The molecule has 3 aliphatic carbocycles. The van der Waals surface area contributed by atoms with Gasteiger partial charge in [-0.1, -0.05) is 30.3 Å². The fourth-order valence-corrected chi connectivity index (χ4v) is 7.40. The maximum Gasteiger partial charge on any atom is 0.109 e. The Balaban J connectivity index is 0.965. The summed E-state index contributed by atoms with van der Waals surface area (Å²) >= 11 is 0. The van der Waals surface area contributed by atoms with Gasteiger partial charge in [0, 0.05) is 35.7 Å². The van der Waals surface area contributed by atoms with Crippen LogP contribution in [0, 0.1) is 17.8 Å². The molecule has 3 heterocycles. The molecular weight excluding hydrogens is 440 g/mol. The molecule has 6 atom stereocenters. The van der Waals surface area contributed by atoms with Crippen molar-refractivity contribution in [2.75, 3.05) is 0 Å². The number of nitrogens with one attached hydrogen (secondary N) is 2. The van der Waals surface area contributed by atoms with Gasteiger partial charge in [-0.2, -0.15) is 0 Å². The van der Waals surface area contributed by atoms with Crippen LogP contribution in [-0.4, -0.2) is 27.8 Å². The van der Waals surface area contributed by atoms with Gasteiger partial charge in [0.25, 0.3) is 0 Å². The highest BCUT2D eigenvalue weighted by molar-refractivity contribution is 5.99. The van der Waals surface area contributed by atoms with E-state index in [1.165, 1.54) is 76.7 Å². The number of nitrogens with zero attached hydrogens (tertiary/aromatic N) is 2. The fraction of sp³-hybridized carbons (Fsp3) is 0.375. The van der Waals surface area contributed by atoms with E-state index in [2.05, 4.69) is 64.9 Å². The first-order chi connectivity index (χ1) is 17.7. The molecule has 1 saturated heterocycles. The average Bonchev–Trinajstić information content (AvgIpc) is 3.49. The van der Waals surface area contributed by atoms with Crippen LogP contribution in [0.15, 0.2) is 65.8 Å². The molecule has 2 aliphatic heterocycles. The van der Waals surface area contributed by atoms with Crippen molar-refractivity contribution in [3.05, 3.63) is 72.2 Å². The third kappa shape index (κ3) is 3.17. The molecular formula is C32H30N4. The zero-order valence-corrected chi connectivity index (χ0v) is 20.4. The Morgan fingerprint density at radius 3 is 2.33 bits per heavy atom. The Morgan fingerprint density at radius 1 is 0.722 bits per heavy atom. The van der Waals surface area contributed by atoms with Crippen LogP contribution >= 0.6 is 0 Å². The number of fused-ring (bicyclic) bond motifs is 4. The number of benzene rings is 3. The lowest BCUT2D eigenvalue weighted by molar-refractivity contribution is 0.596. The highest BCUT2D eigenvalue weighted by atomic mass is 15.1. The maximum atomic E-state index is 4.99. The lowest BCUT2D eigenvalue weighted by Crippen LogP contribution is -2.33. The number of aromatic amines is 1. The Morgan fingerprint density at radius 2 is 1.50 bits per heavy atom. The van der Waals surface area contributed by atoms with Gasteiger partial charge in [0.05, 0.1) is 17.6 Å². The summed E-state index contributed by atoms with van der Waals surface area (Å²) < 4.78 is 0. The number of rotatable bonds is 4. The van der Waals surface area contributed by atoms with Gasteiger partial charge < -0.3 is 10.3 Å². The summed E-state index contributed by atoms with van der Waals surface area (Å²) in [6, 6.07) is 21.7. The van der Waals surface area contributed by atoms with E-state index >= 15 is 0 Å². The van der Waals surface area contributed by atoms with E-state index < -0.39 is 0 Å². The molecule has 0 radical (unpaired) electrons. The van der Waals surface area contributed by atoms with Crippen molar-refractivity contribution in [3.8, 4) is 22.4 Å². The highest BCUT2D eigenvalue weighted by Crippen LogP contribution is 2.57. The first kappa shape index (κ1) is 19.9. The third-order valence-electron chi connectivity index (χ3n) is 9.70. The van der Waals surface area contributed by atoms with Crippen LogP contribution in [0.2, 0.25) is 0 Å². The predicted octanol–water partition coefficient (Wildman–Crippen LogP) is 6.79. The second-order valence-electron chi connectivity index (χ2n) is 12.1. The van der Waals surface area contributed by atoms with Crippen LogP contribution in [-0.2, 0) is 6.42 Å². The first-order valence-electron chi connectivity index (χ1n) is 13.8. The van der Waals surface area contributed by atoms with Gasteiger partial charge in [0.1, 0.15) is 5.82 Å². The van der Waals surface area contributed by atoms with Crippen LogP contribution in [0.3, 0.4) is 0 Å². The number of aliphatic imine (C=N–C) groups is 1. The standard InChI is InChI=1S/C32H30N4/c1-2-19-8-21(31-16-33-32(36-31)26-11-22-10-23(22)12-26)4-3-18(19)7-17(1)20-5-6-27-24(9-20)14-29(34-27)30-15-25-13-28(25)35-30/h1-9,16,22-23,25-26,28,30,35H,10-15H2,(H,33,36)/t22-,23+,25-,26?,28-,30+/m1/s1. The van der Waals surface area contributed by atoms with Crippen molar-refractivity contribution >= 4 is 22.2 Å². The number of imidazole rings is 1. The molecule has 3 aromatic carbocycles. The van der Waals surface area contributed by atoms with E-state index in [0.717, 1.165) is 41.6 Å². The summed E-state index contributed by atoms with van der Waals surface area (Å²) in [5.41, 5.74) is 8.79. The second-order valence-corrected chi connectivity index (χ2v) is 12.1. The number of hydrogen-bond donors (Lipinski definition) is 2. The molecule has 178 valence electrons. The zero-order chi connectivity index (χ0) is 23.4. The van der Waals surface area contributed by atoms with E-state index in [4.69, 9.17) is 9.98 Å². The van der Waals surface area contributed by atoms with Crippen molar-refractivity contribution < 1.29 is 0 Å². The summed E-state index contributed by atoms with van der Waals surface area (Å²) in [6.07, 6.45) is 9.77. The van der Waals surface area contributed by atoms with Gasteiger partial charge in [-0.3, -0.25) is 4.99 Å². The molecule has 0 bridgehead atoms. The van der Waals surface area contributed by atoms with Crippen molar-refractivity contribution in [2.24, 2.45) is 22.7 Å². The minimum absolute atomic E-state index is 0.495. The van der Waals surface area contributed by atoms with Gasteiger partial charge >= 0.3 is 0 Å². The minimum Gasteiger partial charge on any atom is -0.342 e. The van der Waals surface area contributed by atoms with Gasteiger partial charge in [-0.05, 0) is 102 Å². The number of piperidine rings is 1. The normalized spacial score (nSPS) is 31.3. The van der Waals surface area contributed by atoms with Crippen molar-refractivity contribution in [3.63, 3.8) is 0 Å². The van der Waals surface area contributed by atoms with E-state index in [1.807, 2.05) is 6.20 Å². The molecule has 4 heteroatoms. The molecule has 3 saturated carbocycles. The number of H-pyrrole nitrogens is 1. The molecule has 0 spiro atoms. The predicted molar refractivity (Wildman–Crippen MR) is 145 cm³/mol. The summed E-state index contributed by atoms with van der Waals surface area (Å²) in [6.45, 7) is 0. The van der Waals surface area contributed by atoms with E-state index in [0.29, 0.717) is 12.0 Å². The monoisotopic (exact) mass is 470 g/mol. The van der Waals surface area contributed by atoms with Crippen molar-refractivity contribution in [2.45, 2.75) is 56.5 Å². The minimum atomic E-state index is 0.495. The summed E-state index contributed by atoms with van der Waals surface area (Å²) in [4.78, 5) is 13.4. The SMILES string of the molecule is c1cc2c(cc1-c1ccc3cc(-c4cnc(C5C[C@@H]6C[C@@H]6C5)[nH]4)ccc3c1)CC([C@@H]1C[C@H]3C[C@H]3N1)=N2. The highest BCUT2D eigenvalue weighted by Gasteiger charge is 2.48. The molecule has 4 fully saturated rings. The van der Waals surface area contributed by atoms with Gasteiger partial charge in [0.2, 0.25) is 0 Å².